The van der Waals surface area contributed by atoms with Gasteiger partial charge in [-0.3, -0.25) is 4.79 Å². The number of carbonyl (C=O) groups excluding carboxylic acids is 1. The summed E-state index contributed by atoms with van der Waals surface area (Å²) in [6.45, 7) is 3.66. The van der Waals surface area contributed by atoms with Crippen LogP contribution < -0.4 is 0 Å². The predicted molar refractivity (Wildman–Crippen MR) is 98.9 cm³/mol. The van der Waals surface area contributed by atoms with Crippen molar-refractivity contribution in [1.29, 1.82) is 0 Å². The van der Waals surface area contributed by atoms with Gasteiger partial charge >= 0.3 is 0 Å². The molecular weight excluding hydrogens is 329 g/mol. The monoisotopic (exact) mass is 353 g/mol. The van der Waals surface area contributed by atoms with Gasteiger partial charge in [0.1, 0.15) is 11.6 Å². The number of rotatable bonds is 2. The first-order valence-corrected chi connectivity index (χ1v) is 9.32. The molecule has 3 nitrogen and oxygen atoms in total. The number of hydrogen-bond donors (Lipinski definition) is 1. The Bertz CT molecular complexity index is 809. The number of phenols is 1. The summed E-state index contributed by atoms with van der Waals surface area (Å²) in [4.78, 5) is 15.2. The van der Waals surface area contributed by atoms with Crippen LogP contribution in [0.4, 0.5) is 4.39 Å². The van der Waals surface area contributed by atoms with Gasteiger partial charge < -0.3 is 10.0 Å². The number of halogens is 1. The minimum absolute atomic E-state index is 0.0706. The molecule has 2 bridgehead atoms. The Morgan fingerprint density at radius 1 is 1.04 bits per heavy atom. The van der Waals surface area contributed by atoms with Gasteiger partial charge in [-0.1, -0.05) is 12.1 Å². The van der Waals surface area contributed by atoms with Crippen molar-refractivity contribution in [3.05, 3.63) is 64.5 Å². The van der Waals surface area contributed by atoms with Crippen LogP contribution in [0.2, 0.25) is 0 Å². The molecule has 2 aliphatic heterocycles. The molecule has 2 atom stereocenters. The van der Waals surface area contributed by atoms with Crippen LogP contribution in [0, 0.1) is 19.7 Å². The lowest BCUT2D eigenvalue weighted by atomic mass is 9.84. The molecule has 0 radical (unpaired) electrons. The van der Waals surface area contributed by atoms with Gasteiger partial charge in [-0.05, 0) is 86.4 Å². The largest absolute Gasteiger partial charge is 0.507 e. The van der Waals surface area contributed by atoms with Gasteiger partial charge in [0.05, 0.1) is 0 Å². The van der Waals surface area contributed by atoms with Crippen LogP contribution in [0.5, 0.6) is 5.75 Å². The summed E-state index contributed by atoms with van der Waals surface area (Å²) in [7, 11) is 0. The van der Waals surface area contributed by atoms with Gasteiger partial charge in [-0.15, -0.1) is 0 Å². The molecule has 2 aliphatic rings. The smallest absolute Gasteiger partial charge is 0.254 e. The van der Waals surface area contributed by atoms with E-state index in [1.165, 1.54) is 17.7 Å². The van der Waals surface area contributed by atoms with Crippen molar-refractivity contribution in [3.63, 3.8) is 0 Å². The normalized spacial score (nSPS) is 24.7. The number of fused-ring (bicyclic) bond motifs is 2. The molecule has 0 saturated carbocycles. The van der Waals surface area contributed by atoms with Crippen LogP contribution in [-0.4, -0.2) is 28.0 Å². The highest BCUT2D eigenvalue weighted by atomic mass is 19.1. The third-order valence-electron chi connectivity index (χ3n) is 6.05. The van der Waals surface area contributed by atoms with Crippen molar-refractivity contribution in [1.82, 2.24) is 4.90 Å². The summed E-state index contributed by atoms with van der Waals surface area (Å²) < 4.78 is 13.2. The first-order valence-electron chi connectivity index (χ1n) is 9.32. The van der Waals surface area contributed by atoms with Gasteiger partial charge in [0.15, 0.2) is 0 Å². The van der Waals surface area contributed by atoms with Crippen molar-refractivity contribution < 1.29 is 14.3 Å². The van der Waals surface area contributed by atoms with E-state index in [0.717, 1.165) is 36.8 Å². The Morgan fingerprint density at radius 2 is 1.58 bits per heavy atom. The zero-order valence-corrected chi connectivity index (χ0v) is 15.2. The van der Waals surface area contributed by atoms with E-state index >= 15 is 0 Å². The van der Waals surface area contributed by atoms with Gasteiger partial charge in [0, 0.05) is 17.6 Å². The van der Waals surface area contributed by atoms with E-state index in [1.807, 2.05) is 26.0 Å². The highest BCUT2D eigenvalue weighted by molar-refractivity contribution is 5.95. The first kappa shape index (κ1) is 17.1. The maximum absolute atomic E-state index is 13.2. The van der Waals surface area contributed by atoms with Crippen LogP contribution in [-0.2, 0) is 0 Å². The molecule has 2 aromatic rings. The Labute approximate surface area is 153 Å². The van der Waals surface area contributed by atoms with Crippen LogP contribution in [0.1, 0.15) is 58.6 Å². The molecule has 136 valence electrons. The van der Waals surface area contributed by atoms with E-state index in [1.54, 1.807) is 12.1 Å². The molecule has 2 aromatic carbocycles. The fraction of sp³-hybridized carbons (Fsp3) is 0.409. The van der Waals surface area contributed by atoms with Crippen molar-refractivity contribution in [2.45, 2.75) is 57.5 Å². The highest BCUT2D eigenvalue weighted by Crippen LogP contribution is 2.44. The zero-order valence-electron chi connectivity index (χ0n) is 15.2. The summed E-state index contributed by atoms with van der Waals surface area (Å²) in [6, 6.07) is 10.9. The number of nitrogens with zero attached hydrogens (tertiary/aromatic N) is 1. The lowest BCUT2D eigenvalue weighted by molar-refractivity contribution is 0.0571. The molecule has 0 spiro atoms. The zero-order chi connectivity index (χ0) is 18.4. The lowest BCUT2D eigenvalue weighted by Crippen LogP contribution is -2.46. The molecule has 1 amide bonds. The topological polar surface area (TPSA) is 40.5 Å². The Morgan fingerprint density at radius 3 is 2.12 bits per heavy atom. The van der Waals surface area contributed by atoms with Crippen LogP contribution in [0.15, 0.2) is 36.4 Å². The van der Waals surface area contributed by atoms with E-state index in [9.17, 15) is 14.3 Å². The third-order valence-corrected chi connectivity index (χ3v) is 6.05. The van der Waals surface area contributed by atoms with Crippen molar-refractivity contribution >= 4 is 5.91 Å². The second kappa shape index (κ2) is 6.42. The summed E-state index contributed by atoms with van der Waals surface area (Å²) in [5, 5.41) is 9.97. The first-order chi connectivity index (χ1) is 12.4. The third kappa shape index (κ3) is 2.87. The SMILES string of the molecule is Cc1cc(C(=O)N2C3CCC2CC(c2ccc(F)cc2)C3)cc(C)c1O. The summed E-state index contributed by atoms with van der Waals surface area (Å²) >= 11 is 0. The quantitative estimate of drug-likeness (QED) is 0.850. The maximum atomic E-state index is 13.2. The molecule has 2 fully saturated rings. The fourth-order valence-electron chi connectivity index (χ4n) is 4.74. The molecule has 1 N–H and O–H groups in total. The molecule has 2 heterocycles. The second-order valence-electron chi connectivity index (χ2n) is 7.78. The van der Waals surface area contributed by atoms with Crippen molar-refractivity contribution in [2.75, 3.05) is 0 Å². The number of amides is 1. The molecular formula is C22H24FNO2. The standard InChI is InChI=1S/C22H24FNO2/c1-13-9-17(10-14(2)21(13)25)22(26)24-19-7-8-20(24)12-16(11-19)15-3-5-18(23)6-4-15/h3-6,9-10,16,19-20,25H,7-8,11-12H2,1-2H3. The van der Waals surface area contributed by atoms with Crippen LogP contribution in [0.25, 0.3) is 0 Å². The molecule has 26 heavy (non-hydrogen) atoms. The maximum Gasteiger partial charge on any atom is 0.254 e. The van der Waals surface area contributed by atoms with E-state index in [2.05, 4.69) is 4.90 Å². The number of hydrogen-bond acceptors (Lipinski definition) is 2. The molecule has 0 aliphatic carbocycles. The van der Waals surface area contributed by atoms with E-state index in [4.69, 9.17) is 0 Å². The van der Waals surface area contributed by atoms with E-state index in [-0.39, 0.29) is 29.6 Å². The molecule has 4 rings (SSSR count). The van der Waals surface area contributed by atoms with Crippen molar-refractivity contribution in [2.24, 2.45) is 0 Å². The molecule has 2 unspecified atom stereocenters. The molecule has 4 heteroatoms. The summed E-state index contributed by atoms with van der Waals surface area (Å²) in [5.74, 6) is 0.517. The molecule has 2 saturated heterocycles. The van der Waals surface area contributed by atoms with Crippen molar-refractivity contribution in [3.8, 4) is 5.75 Å². The van der Waals surface area contributed by atoms with Gasteiger partial charge in [-0.25, -0.2) is 4.39 Å². The Kier molecular flexibility index (Phi) is 4.22. The van der Waals surface area contributed by atoms with Gasteiger partial charge in [0.25, 0.3) is 5.91 Å². The van der Waals surface area contributed by atoms with Crippen LogP contribution >= 0.6 is 0 Å². The second-order valence-corrected chi connectivity index (χ2v) is 7.78. The summed E-state index contributed by atoms with van der Waals surface area (Å²) in [6.07, 6.45) is 3.93. The van der Waals surface area contributed by atoms with E-state index in [0.29, 0.717) is 11.5 Å². The number of piperidine rings is 1. The summed E-state index contributed by atoms with van der Waals surface area (Å²) in [5.41, 5.74) is 3.31. The Hall–Kier alpha value is -2.36. The predicted octanol–water partition coefficient (Wildman–Crippen LogP) is 4.70. The van der Waals surface area contributed by atoms with Crippen LogP contribution in [0.3, 0.4) is 0 Å². The lowest BCUT2D eigenvalue weighted by Gasteiger charge is -2.39. The average Bonchev–Trinajstić information content (AvgIpc) is 2.88. The highest BCUT2D eigenvalue weighted by Gasteiger charge is 2.43. The minimum atomic E-state index is -0.206. The number of aromatic hydroxyl groups is 1. The minimum Gasteiger partial charge on any atom is -0.507 e. The molecule has 0 aromatic heterocycles. The number of phenolic OH excluding ortho intramolecular Hbond substituents is 1. The number of aryl methyl sites for hydroxylation is 2. The Balaban J connectivity index is 1.56. The average molecular weight is 353 g/mol. The number of benzene rings is 2. The van der Waals surface area contributed by atoms with E-state index < -0.39 is 0 Å². The van der Waals surface area contributed by atoms with Gasteiger partial charge in [0.2, 0.25) is 0 Å². The number of carbonyl (C=O) groups is 1. The van der Waals surface area contributed by atoms with Gasteiger partial charge in [-0.2, -0.15) is 0 Å². The fourth-order valence-corrected chi connectivity index (χ4v) is 4.74.